The van der Waals surface area contributed by atoms with Crippen molar-refractivity contribution >= 4 is 0 Å². The molecular formula is C7H17NO. The molecule has 0 aromatic rings. The number of rotatable bonds is 6. The van der Waals surface area contributed by atoms with E-state index in [-0.39, 0.29) is 0 Å². The van der Waals surface area contributed by atoms with Crippen molar-refractivity contribution in [1.29, 1.82) is 0 Å². The topological polar surface area (TPSA) is 35.2 Å². The Labute approximate surface area is 57.3 Å². The number of nitrogens with two attached hydrogens (primary N) is 1. The predicted octanol–water partition coefficient (Wildman–Crippen LogP) is 1.85. The van der Waals surface area contributed by atoms with Crippen molar-refractivity contribution in [3.63, 3.8) is 0 Å². The van der Waals surface area contributed by atoms with E-state index in [1.54, 1.807) is 0 Å². The monoisotopic (exact) mass is 131 g/mol. The van der Waals surface area contributed by atoms with Gasteiger partial charge in [0.2, 0.25) is 0 Å². The first-order valence-electron chi connectivity index (χ1n) is 3.73. The Hall–Kier alpha value is -0.0800. The fourth-order valence-corrected chi connectivity index (χ4v) is 0.789. The largest absolute Gasteiger partial charge is 0.305 e. The second-order valence-electron chi connectivity index (χ2n) is 2.29. The number of unbranched alkanes of at least 4 members (excludes halogenated alkanes) is 4. The summed E-state index contributed by atoms with van der Waals surface area (Å²) in [6, 6.07) is 0. The van der Waals surface area contributed by atoms with Crippen molar-refractivity contribution in [3.8, 4) is 0 Å². The van der Waals surface area contributed by atoms with Gasteiger partial charge in [-0.05, 0) is 6.42 Å². The van der Waals surface area contributed by atoms with E-state index in [0.717, 1.165) is 6.42 Å². The van der Waals surface area contributed by atoms with E-state index in [4.69, 9.17) is 5.90 Å². The van der Waals surface area contributed by atoms with E-state index >= 15 is 0 Å². The Morgan fingerprint density at radius 2 is 1.78 bits per heavy atom. The van der Waals surface area contributed by atoms with E-state index in [9.17, 15) is 0 Å². The molecule has 0 saturated heterocycles. The molecule has 0 aliphatic carbocycles. The molecule has 9 heavy (non-hydrogen) atoms. The van der Waals surface area contributed by atoms with Gasteiger partial charge in [-0.2, -0.15) is 0 Å². The van der Waals surface area contributed by atoms with Crippen molar-refractivity contribution in [2.75, 3.05) is 6.61 Å². The molecule has 0 fully saturated rings. The Morgan fingerprint density at radius 1 is 1.11 bits per heavy atom. The first-order valence-corrected chi connectivity index (χ1v) is 3.73. The third kappa shape index (κ3) is 7.92. The predicted molar refractivity (Wildman–Crippen MR) is 38.9 cm³/mol. The summed E-state index contributed by atoms with van der Waals surface area (Å²) in [6.07, 6.45) is 6.31. The molecular weight excluding hydrogens is 114 g/mol. The van der Waals surface area contributed by atoms with Gasteiger partial charge in [0.15, 0.2) is 0 Å². The van der Waals surface area contributed by atoms with Gasteiger partial charge in [-0.15, -0.1) is 0 Å². The molecule has 0 heterocycles. The van der Waals surface area contributed by atoms with Gasteiger partial charge in [0.05, 0.1) is 6.61 Å². The van der Waals surface area contributed by atoms with Gasteiger partial charge in [0.1, 0.15) is 0 Å². The number of hydrogen-bond acceptors (Lipinski definition) is 2. The lowest BCUT2D eigenvalue weighted by atomic mass is 10.2. The maximum atomic E-state index is 4.84. The zero-order chi connectivity index (χ0) is 6.95. The fourth-order valence-electron chi connectivity index (χ4n) is 0.789. The summed E-state index contributed by atoms with van der Waals surface area (Å²) in [6.45, 7) is 2.92. The third-order valence-corrected chi connectivity index (χ3v) is 1.37. The van der Waals surface area contributed by atoms with Crippen LogP contribution in [0.25, 0.3) is 0 Å². The molecule has 0 atom stereocenters. The van der Waals surface area contributed by atoms with E-state index in [0.29, 0.717) is 6.61 Å². The molecule has 0 aromatic heterocycles. The van der Waals surface area contributed by atoms with E-state index < -0.39 is 0 Å². The lowest BCUT2D eigenvalue weighted by molar-refractivity contribution is 0.133. The van der Waals surface area contributed by atoms with Gasteiger partial charge in [0.25, 0.3) is 0 Å². The molecule has 56 valence electrons. The van der Waals surface area contributed by atoms with E-state index in [2.05, 4.69) is 11.8 Å². The average molecular weight is 131 g/mol. The summed E-state index contributed by atoms with van der Waals surface area (Å²) in [4.78, 5) is 4.42. The second kappa shape index (κ2) is 7.92. The molecule has 0 radical (unpaired) electrons. The van der Waals surface area contributed by atoms with Gasteiger partial charge in [0, 0.05) is 0 Å². The molecule has 2 heteroatoms. The molecule has 0 aliphatic heterocycles. The van der Waals surface area contributed by atoms with Gasteiger partial charge in [-0.1, -0.05) is 32.6 Å². The first kappa shape index (κ1) is 8.92. The van der Waals surface area contributed by atoms with Crippen LogP contribution < -0.4 is 5.90 Å². The van der Waals surface area contributed by atoms with Crippen LogP contribution in [0.4, 0.5) is 0 Å². The van der Waals surface area contributed by atoms with Crippen LogP contribution in [0, 0.1) is 0 Å². The Balaban J connectivity index is 2.60. The highest BCUT2D eigenvalue weighted by atomic mass is 16.6. The zero-order valence-electron chi connectivity index (χ0n) is 6.23. The average Bonchev–Trinajstić information content (AvgIpc) is 1.89. The third-order valence-electron chi connectivity index (χ3n) is 1.37. The van der Waals surface area contributed by atoms with Crippen LogP contribution >= 0.6 is 0 Å². The van der Waals surface area contributed by atoms with Crippen molar-refractivity contribution in [2.45, 2.75) is 39.0 Å². The molecule has 2 N–H and O–H groups in total. The summed E-state index contributed by atoms with van der Waals surface area (Å²) in [7, 11) is 0. The van der Waals surface area contributed by atoms with Crippen LogP contribution in [0.1, 0.15) is 39.0 Å². The van der Waals surface area contributed by atoms with Crippen LogP contribution in [-0.2, 0) is 4.84 Å². The lowest BCUT2D eigenvalue weighted by Gasteiger charge is -1.96. The highest BCUT2D eigenvalue weighted by molar-refractivity contribution is 4.39. The van der Waals surface area contributed by atoms with E-state index in [1.807, 2.05) is 0 Å². The minimum Gasteiger partial charge on any atom is -0.305 e. The first-order chi connectivity index (χ1) is 4.41. The van der Waals surface area contributed by atoms with Gasteiger partial charge in [-0.25, -0.2) is 5.90 Å². The van der Waals surface area contributed by atoms with Gasteiger partial charge in [-0.3, -0.25) is 0 Å². The Bertz CT molecular complexity index is 42.2. The minimum atomic E-state index is 0.712. The summed E-state index contributed by atoms with van der Waals surface area (Å²) < 4.78 is 0. The van der Waals surface area contributed by atoms with E-state index in [1.165, 1.54) is 25.7 Å². The summed E-state index contributed by atoms with van der Waals surface area (Å²) in [5.41, 5.74) is 0. The van der Waals surface area contributed by atoms with Crippen molar-refractivity contribution in [2.24, 2.45) is 5.90 Å². The standard InChI is InChI=1S/C7H17NO/c1-2-3-4-5-6-7-9-8/h2-8H2,1H3. The van der Waals surface area contributed by atoms with Crippen molar-refractivity contribution in [1.82, 2.24) is 0 Å². The Morgan fingerprint density at radius 3 is 2.33 bits per heavy atom. The van der Waals surface area contributed by atoms with Gasteiger partial charge >= 0.3 is 0 Å². The number of hydrogen-bond donors (Lipinski definition) is 1. The lowest BCUT2D eigenvalue weighted by Crippen LogP contribution is -1.99. The molecule has 0 rings (SSSR count). The van der Waals surface area contributed by atoms with Crippen LogP contribution in [-0.4, -0.2) is 6.61 Å². The molecule has 0 aliphatic rings. The zero-order valence-corrected chi connectivity index (χ0v) is 6.23. The quantitative estimate of drug-likeness (QED) is 0.441. The van der Waals surface area contributed by atoms with Crippen LogP contribution in [0.2, 0.25) is 0 Å². The normalized spacial score (nSPS) is 10.0. The second-order valence-corrected chi connectivity index (χ2v) is 2.29. The van der Waals surface area contributed by atoms with Crippen molar-refractivity contribution in [3.05, 3.63) is 0 Å². The summed E-state index contributed by atoms with van der Waals surface area (Å²) >= 11 is 0. The maximum Gasteiger partial charge on any atom is 0.0679 e. The maximum absolute atomic E-state index is 4.84. The SMILES string of the molecule is CCCCCCCON. The summed E-state index contributed by atoms with van der Waals surface area (Å²) in [5.74, 6) is 4.84. The molecule has 0 spiro atoms. The van der Waals surface area contributed by atoms with Crippen LogP contribution in [0.5, 0.6) is 0 Å². The fraction of sp³-hybridized carbons (Fsp3) is 1.00. The highest BCUT2D eigenvalue weighted by Gasteiger charge is 1.86. The Kier molecular flexibility index (Phi) is 7.85. The van der Waals surface area contributed by atoms with Crippen molar-refractivity contribution < 1.29 is 4.84 Å². The minimum absolute atomic E-state index is 0.712. The molecule has 0 saturated carbocycles. The van der Waals surface area contributed by atoms with Crippen LogP contribution in [0.15, 0.2) is 0 Å². The summed E-state index contributed by atoms with van der Waals surface area (Å²) in [5, 5.41) is 0. The van der Waals surface area contributed by atoms with Crippen LogP contribution in [0.3, 0.4) is 0 Å². The molecule has 0 aromatic carbocycles. The van der Waals surface area contributed by atoms with Gasteiger partial charge < -0.3 is 4.84 Å². The molecule has 2 nitrogen and oxygen atoms in total. The molecule has 0 amide bonds. The molecule has 0 unspecified atom stereocenters. The molecule has 0 bridgehead atoms. The highest BCUT2D eigenvalue weighted by Crippen LogP contribution is 2.01. The smallest absolute Gasteiger partial charge is 0.0679 e.